The largest absolute Gasteiger partial charge is 0.504 e. The molecule has 1 saturated carbocycles. The molecule has 1 fully saturated rings. The molecule has 0 amide bonds. The molecule has 0 unspecified atom stereocenters. The zero-order valence-corrected chi connectivity index (χ0v) is 24.5. The van der Waals surface area contributed by atoms with E-state index in [-0.39, 0.29) is 60.1 Å². The monoisotopic (exact) mass is 584 g/mol. The number of phenolic OH excluding ortho intramolecular Hbond substituents is 3. The van der Waals surface area contributed by atoms with E-state index in [1.165, 1.54) is 19.2 Å². The van der Waals surface area contributed by atoms with Crippen LogP contribution in [0.25, 0.3) is 0 Å². The average Bonchev–Trinajstić information content (AvgIpc) is 3.50. The molecule has 3 aromatic carbocycles. The van der Waals surface area contributed by atoms with Crippen molar-refractivity contribution < 1.29 is 35.1 Å². The van der Waals surface area contributed by atoms with E-state index in [1.807, 2.05) is 36.4 Å². The Morgan fingerprint density at radius 3 is 2.35 bits per heavy atom. The lowest BCUT2D eigenvalue weighted by atomic mass is 9.64. The van der Waals surface area contributed by atoms with Crippen molar-refractivity contribution in [2.24, 2.45) is 11.8 Å². The quantitative estimate of drug-likeness (QED) is 0.184. The second kappa shape index (κ2) is 13.1. The summed E-state index contributed by atoms with van der Waals surface area (Å²) in [7, 11) is 1.46. The molecule has 0 heterocycles. The first-order valence-corrected chi connectivity index (χ1v) is 15.0. The summed E-state index contributed by atoms with van der Waals surface area (Å²) >= 11 is 0. The molecule has 7 heteroatoms. The second-order valence-corrected chi connectivity index (χ2v) is 12.0. The molecule has 0 bridgehead atoms. The molecule has 2 aliphatic rings. The summed E-state index contributed by atoms with van der Waals surface area (Å²) in [6.07, 6.45) is 3.53. The van der Waals surface area contributed by atoms with E-state index >= 15 is 0 Å². The van der Waals surface area contributed by atoms with Crippen molar-refractivity contribution in [1.29, 1.82) is 0 Å². The van der Waals surface area contributed by atoms with Gasteiger partial charge in [-0.15, -0.1) is 5.92 Å². The van der Waals surface area contributed by atoms with Gasteiger partial charge in [0.05, 0.1) is 19.8 Å². The highest BCUT2D eigenvalue weighted by Gasteiger charge is 2.46. The SMILES string of the molecule is COc1cc([C@H]2CC(=O)C[C@H](O)[C@H](C3(c4ccc(O)c(O)c4)CCCC3)CC#C[C@H]2Cc2ccccc2)c(CO)cc1O. The fourth-order valence-electron chi connectivity index (χ4n) is 7.32. The van der Waals surface area contributed by atoms with Crippen molar-refractivity contribution in [3.63, 3.8) is 0 Å². The van der Waals surface area contributed by atoms with Gasteiger partial charge in [0.25, 0.3) is 0 Å². The van der Waals surface area contributed by atoms with Crippen molar-refractivity contribution in [3.05, 3.63) is 82.9 Å². The Kier molecular flexibility index (Phi) is 9.29. The molecule has 226 valence electrons. The standard InChI is InChI=1S/C36H40O7/c1-43-35-21-29(25(22-37)17-34(35)42)28-19-27(38)20-32(40)30(11-7-10-24(28)16-23-8-3-2-4-9-23)36(14-5-6-15-36)26-12-13-31(39)33(41)18-26/h2-4,8-9,12-13,17-18,21,24,28,30,32,37,39-42H,5-6,11,14-16,19-20,22H2,1H3/t24-,28-,30+,32-/m0/s1. The van der Waals surface area contributed by atoms with E-state index in [2.05, 4.69) is 11.8 Å². The Labute approximate surface area is 252 Å². The normalized spacial score (nSPS) is 23.7. The molecule has 0 aliphatic heterocycles. The topological polar surface area (TPSA) is 127 Å². The molecule has 7 nitrogen and oxygen atoms in total. The van der Waals surface area contributed by atoms with Gasteiger partial charge in [-0.2, -0.15) is 0 Å². The number of hydrogen-bond donors (Lipinski definition) is 5. The highest BCUT2D eigenvalue weighted by Crippen LogP contribution is 2.51. The minimum Gasteiger partial charge on any atom is -0.504 e. The van der Waals surface area contributed by atoms with Crippen LogP contribution in [0.4, 0.5) is 0 Å². The molecule has 0 aromatic heterocycles. The predicted molar refractivity (Wildman–Crippen MR) is 163 cm³/mol. The number of phenols is 3. The van der Waals surface area contributed by atoms with E-state index in [0.717, 1.165) is 36.8 Å². The molecule has 43 heavy (non-hydrogen) atoms. The van der Waals surface area contributed by atoms with Crippen LogP contribution < -0.4 is 4.74 Å². The number of aromatic hydroxyl groups is 3. The Morgan fingerprint density at radius 2 is 1.67 bits per heavy atom. The van der Waals surface area contributed by atoms with E-state index in [0.29, 0.717) is 24.0 Å². The number of carbonyl (C=O) groups is 1. The third-order valence-corrected chi connectivity index (χ3v) is 9.51. The summed E-state index contributed by atoms with van der Waals surface area (Å²) in [5.74, 6) is 5.52. The van der Waals surface area contributed by atoms with Crippen LogP contribution in [0.5, 0.6) is 23.0 Å². The van der Waals surface area contributed by atoms with E-state index in [9.17, 15) is 30.3 Å². The van der Waals surface area contributed by atoms with Crippen LogP contribution in [0.2, 0.25) is 0 Å². The van der Waals surface area contributed by atoms with Crippen LogP contribution in [0.1, 0.15) is 73.1 Å². The van der Waals surface area contributed by atoms with E-state index < -0.39 is 17.4 Å². The molecule has 3 aromatic rings. The predicted octanol–water partition coefficient (Wildman–Crippen LogP) is 5.49. The zero-order chi connectivity index (χ0) is 30.6. The first-order valence-electron chi connectivity index (χ1n) is 15.0. The molecule has 5 N–H and O–H groups in total. The average molecular weight is 585 g/mol. The lowest BCUT2D eigenvalue weighted by Crippen LogP contribution is -2.41. The van der Waals surface area contributed by atoms with Crippen molar-refractivity contribution in [2.45, 2.75) is 75.4 Å². The molecular formula is C36H40O7. The third-order valence-electron chi connectivity index (χ3n) is 9.51. The van der Waals surface area contributed by atoms with Crippen LogP contribution in [-0.2, 0) is 23.2 Å². The number of ketones is 1. The lowest BCUT2D eigenvalue weighted by Gasteiger charge is -2.40. The number of aliphatic hydroxyl groups excluding tert-OH is 2. The van der Waals surface area contributed by atoms with Crippen LogP contribution in [0.15, 0.2) is 60.7 Å². The summed E-state index contributed by atoms with van der Waals surface area (Å²) in [5.41, 5.74) is 2.62. The summed E-state index contributed by atoms with van der Waals surface area (Å²) in [6, 6.07) is 18.0. The van der Waals surface area contributed by atoms with Gasteiger partial charge in [0.15, 0.2) is 23.0 Å². The highest BCUT2D eigenvalue weighted by atomic mass is 16.5. The number of Topliss-reactive ketones (excluding diaryl/α,β-unsaturated/α-hetero) is 1. The van der Waals surface area contributed by atoms with Gasteiger partial charge >= 0.3 is 0 Å². The van der Waals surface area contributed by atoms with Gasteiger partial charge in [0.1, 0.15) is 5.78 Å². The van der Waals surface area contributed by atoms with Crippen molar-refractivity contribution >= 4 is 5.78 Å². The fourth-order valence-corrected chi connectivity index (χ4v) is 7.32. The molecule has 0 saturated heterocycles. The highest BCUT2D eigenvalue weighted by molar-refractivity contribution is 5.80. The van der Waals surface area contributed by atoms with Gasteiger partial charge in [-0.25, -0.2) is 0 Å². The van der Waals surface area contributed by atoms with Crippen molar-refractivity contribution in [1.82, 2.24) is 0 Å². The summed E-state index contributed by atoms with van der Waals surface area (Å²) in [6.45, 7) is -0.324. The number of benzene rings is 3. The van der Waals surface area contributed by atoms with E-state index in [4.69, 9.17) is 4.74 Å². The fraction of sp³-hybridized carbons (Fsp3) is 0.417. The van der Waals surface area contributed by atoms with E-state index in [1.54, 1.807) is 12.1 Å². The smallest absolute Gasteiger partial charge is 0.160 e. The molecule has 0 spiro atoms. The Balaban J connectivity index is 1.60. The van der Waals surface area contributed by atoms with Crippen LogP contribution >= 0.6 is 0 Å². The molecule has 5 rings (SSSR count). The third kappa shape index (κ3) is 6.36. The van der Waals surface area contributed by atoms with Gasteiger partial charge in [-0.1, -0.05) is 55.2 Å². The lowest BCUT2D eigenvalue weighted by molar-refractivity contribution is -0.122. The number of aliphatic hydroxyl groups is 2. The van der Waals surface area contributed by atoms with Gasteiger partial charge in [-0.3, -0.25) is 4.79 Å². The van der Waals surface area contributed by atoms with Gasteiger partial charge in [0.2, 0.25) is 0 Å². The minimum atomic E-state index is -0.950. The molecule has 4 atom stereocenters. The van der Waals surface area contributed by atoms with Gasteiger partial charge in [0, 0.05) is 42.4 Å². The van der Waals surface area contributed by atoms with Crippen LogP contribution in [0, 0.1) is 23.7 Å². The van der Waals surface area contributed by atoms with Crippen LogP contribution in [0.3, 0.4) is 0 Å². The maximum Gasteiger partial charge on any atom is 0.160 e. The molecular weight excluding hydrogens is 544 g/mol. The summed E-state index contributed by atoms with van der Waals surface area (Å²) in [5, 5.41) is 52.6. The summed E-state index contributed by atoms with van der Waals surface area (Å²) < 4.78 is 5.39. The maximum absolute atomic E-state index is 13.8. The number of rotatable bonds is 7. The van der Waals surface area contributed by atoms with Crippen molar-refractivity contribution in [3.8, 4) is 34.8 Å². The summed E-state index contributed by atoms with van der Waals surface area (Å²) in [4.78, 5) is 13.8. The molecule has 0 radical (unpaired) electrons. The Morgan fingerprint density at radius 1 is 0.930 bits per heavy atom. The number of ether oxygens (including phenoxy) is 1. The van der Waals surface area contributed by atoms with Gasteiger partial charge in [-0.05, 0) is 65.8 Å². The number of methoxy groups -OCH3 is 1. The number of carbonyl (C=O) groups excluding carboxylic acids is 1. The minimum absolute atomic E-state index is 0.0452. The first kappa shape index (κ1) is 30.5. The van der Waals surface area contributed by atoms with Crippen LogP contribution in [-0.4, -0.2) is 44.5 Å². The second-order valence-electron chi connectivity index (χ2n) is 12.0. The molecule has 2 aliphatic carbocycles. The number of hydrogen-bond acceptors (Lipinski definition) is 7. The Bertz CT molecular complexity index is 1500. The zero-order valence-electron chi connectivity index (χ0n) is 24.5. The maximum atomic E-state index is 13.8. The Hall–Kier alpha value is -3.99. The van der Waals surface area contributed by atoms with Crippen molar-refractivity contribution in [2.75, 3.05) is 7.11 Å². The van der Waals surface area contributed by atoms with Gasteiger partial charge < -0.3 is 30.3 Å². The first-order chi connectivity index (χ1) is 20.8.